The summed E-state index contributed by atoms with van der Waals surface area (Å²) >= 11 is 5.83. The van der Waals surface area contributed by atoms with E-state index in [9.17, 15) is 0 Å². The van der Waals surface area contributed by atoms with E-state index in [0.29, 0.717) is 10.8 Å². The average molecular weight is 182 g/mol. The van der Waals surface area contributed by atoms with Crippen LogP contribution in [0.2, 0.25) is 5.02 Å². The Kier molecular flexibility index (Phi) is 2.95. The molecule has 62 valence electrons. The van der Waals surface area contributed by atoms with Gasteiger partial charge in [0, 0.05) is 0 Å². The van der Waals surface area contributed by atoms with Crippen LogP contribution in [0.25, 0.3) is 0 Å². The van der Waals surface area contributed by atoms with Crippen LogP contribution in [0.4, 0.5) is 0 Å². The maximum Gasteiger partial charge on any atom is 0.174 e. The molecule has 0 bridgehead atoms. The lowest BCUT2D eigenvalue weighted by Gasteiger charge is -2.06. The fourth-order valence-corrected chi connectivity index (χ4v) is 1.18. The molecule has 0 heterocycles. The highest BCUT2D eigenvalue weighted by Gasteiger charge is 2.03. The van der Waals surface area contributed by atoms with Gasteiger partial charge in [-0.05, 0) is 18.6 Å². The van der Waals surface area contributed by atoms with E-state index in [4.69, 9.17) is 21.6 Å². The second-order valence-electron chi connectivity index (χ2n) is 2.33. The van der Waals surface area contributed by atoms with E-state index in [-0.39, 0.29) is 6.61 Å². The Balaban J connectivity index is 2.90. The lowest BCUT2D eigenvalue weighted by molar-refractivity contribution is 0.366. The third-order valence-corrected chi connectivity index (χ3v) is 1.74. The maximum atomic E-state index is 8.29. The SMILES string of the molecule is Cc1cccc(Cl)c1OCC#N. The van der Waals surface area contributed by atoms with Crippen molar-refractivity contribution in [1.29, 1.82) is 5.26 Å². The van der Waals surface area contributed by atoms with Gasteiger partial charge in [-0.15, -0.1) is 0 Å². The first-order chi connectivity index (χ1) is 5.75. The van der Waals surface area contributed by atoms with Crippen molar-refractivity contribution in [3.63, 3.8) is 0 Å². The van der Waals surface area contributed by atoms with Gasteiger partial charge >= 0.3 is 0 Å². The molecule has 0 radical (unpaired) electrons. The molecular formula is C9H8ClNO. The number of aryl methyl sites for hydroxylation is 1. The highest BCUT2D eigenvalue weighted by Crippen LogP contribution is 2.27. The minimum atomic E-state index is 0.0323. The summed E-state index contributed by atoms with van der Waals surface area (Å²) in [5, 5.41) is 8.84. The molecule has 0 aliphatic rings. The summed E-state index contributed by atoms with van der Waals surface area (Å²) in [5.41, 5.74) is 0.942. The zero-order valence-electron chi connectivity index (χ0n) is 6.67. The van der Waals surface area contributed by atoms with E-state index in [2.05, 4.69) is 0 Å². The third-order valence-electron chi connectivity index (χ3n) is 1.44. The highest BCUT2D eigenvalue weighted by molar-refractivity contribution is 6.32. The summed E-state index contributed by atoms with van der Waals surface area (Å²) in [6, 6.07) is 7.36. The zero-order chi connectivity index (χ0) is 8.97. The van der Waals surface area contributed by atoms with Crippen LogP contribution in [0.3, 0.4) is 0 Å². The van der Waals surface area contributed by atoms with Crippen molar-refractivity contribution >= 4 is 11.6 Å². The normalized spacial score (nSPS) is 9.08. The molecule has 0 aliphatic carbocycles. The van der Waals surface area contributed by atoms with Crippen LogP contribution in [-0.2, 0) is 0 Å². The summed E-state index contributed by atoms with van der Waals surface area (Å²) in [6.45, 7) is 1.92. The van der Waals surface area contributed by atoms with Crippen molar-refractivity contribution in [3.8, 4) is 11.8 Å². The number of hydrogen-bond donors (Lipinski definition) is 0. The third kappa shape index (κ3) is 1.90. The van der Waals surface area contributed by atoms with Gasteiger partial charge in [0.15, 0.2) is 6.61 Å². The van der Waals surface area contributed by atoms with Crippen molar-refractivity contribution in [2.75, 3.05) is 6.61 Å². The Labute approximate surface area is 76.3 Å². The predicted octanol–water partition coefficient (Wildman–Crippen LogP) is 2.55. The van der Waals surface area contributed by atoms with Crippen LogP contribution in [0.1, 0.15) is 5.56 Å². The van der Waals surface area contributed by atoms with Crippen LogP contribution in [0.5, 0.6) is 5.75 Å². The Bertz CT molecular complexity index is 297. The first-order valence-corrected chi connectivity index (χ1v) is 3.88. The predicted molar refractivity (Wildman–Crippen MR) is 47.3 cm³/mol. The van der Waals surface area contributed by atoms with E-state index >= 15 is 0 Å². The molecule has 0 saturated heterocycles. The van der Waals surface area contributed by atoms with Crippen molar-refractivity contribution in [2.24, 2.45) is 0 Å². The minimum absolute atomic E-state index is 0.0323. The van der Waals surface area contributed by atoms with E-state index in [1.165, 1.54) is 0 Å². The van der Waals surface area contributed by atoms with Gasteiger partial charge < -0.3 is 4.74 Å². The number of halogens is 1. The van der Waals surface area contributed by atoms with E-state index in [1.807, 2.05) is 25.1 Å². The van der Waals surface area contributed by atoms with Gasteiger partial charge in [0.2, 0.25) is 0 Å². The quantitative estimate of drug-likeness (QED) is 0.703. The van der Waals surface area contributed by atoms with E-state index in [0.717, 1.165) is 5.56 Å². The number of benzene rings is 1. The molecule has 0 amide bonds. The second-order valence-corrected chi connectivity index (χ2v) is 2.74. The fraction of sp³-hybridized carbons (Fsp3) is 0.222. The van der Waals surface area contributed by atoms with Crippen molar-refractivity contribution in [1.82, 2.24) is 0 Å². The smallest absolute Gasteiger partial charge is 0.174 e. The number of para-hydroxylation sites is 1. The molecule has 1 rings (SSSR count). The maximum absolute atomic E-state index is 8.29. The van der Waals surface area contributed by atoms with Crippen molar-refractivity contribution in [2.45, 2.75) is 6.92 Å². The van der Waals surface area contributed by atoms with Gasteiger partial charge in [0.05, 0.1) is 5.02 Å². The molecule has 2 nitrogen and oxygen atoms in total. The van der Waals surface area contributed by atoms with Crippen molar-refractivity contribution < 1.29 is 4.74 Å². The van der Waals surface area contributed by atoms with Crippen LogP contribution in [0, 0.1) is 18.3 Å². The van der Waals surface area contributed by atoms with E-state index < -0.39 is 0 Å². The van der Waals surface area contributed by atoms with Gasteiger partial charge in [-0.1, -0.05) is 23.7 Å². The molecule has 0 aromatic heterocycles. The number of nitrogens with zero attached hydrogens (tertiary/aromatic N) is 1. The van der Waals surface area contributed by atoms with E-state index in [1.54, 1.807) is 6.07 Å². The molecule has 0 unspecified atom stereocenters. The molecular weight excluding hydrogens is 174 g/mol. The first-order valence-electron chi connectivity index (χ1n) is 3.50. The Hall–Kier alpha value is -1.20. The van der Waals surface area contributed by atoms with Crippen LogP contribution in [0.15, 0.2) is 18.2 Å². The van der Waals surface area contributed by atoms with Crippen LogP contribution in [-0.4, -0.2) is 6.61 Å². The lowest BCUT2D eigenvalue weighted by Crippen LogP contribution is -1.95. The Morgan fingerprint density at radius 3 is 2.92 bits per heavy atom. The number of nitriles is 1. The molecule has 3 heteroatoms. The molecule has 0 saturated carbocycles. The molecule has 12 heavy (non-hydrogen) atoms. The zero-order valence-corrected chi connectivity index (χ0v) is 7.43. The Morgan fingerprint density at radius 1 is 1.58 bits per heavy atom. The van der Waals surface area contributed by atoms with Crippen molar-refractivity contribution in [3.05, 3.63) is 28.8 Å². The standard InChI is InChI=1S/C9H8ClNO/c1-7-3-2-4-8(10)9(7)12-6-5-11/h2-4H,6H2,1H3. The molecule has 0 spiro atoms. The molecule has 0 fully saturated rings. The minimum Gasteiger partial charge on any atom is -0.477 e. The summed E-state index contributed by atoms with van der Waals surface area (Å²) < 4.78 is 5.12. The van der Waals surface area contributed by atoms with Gasteiger partial charge in [0.1, 0.15) is 11.8 Å². The van der Waals surface area contributed by atoms with Crippen LogP contribution >= 0.6 is 11.6 Å². The number of ether oxygens (including phenoxy) is 1. The lowest BCUT2D eigenvalue weighted by atomic mass is 10.2. The topological polar surface area (TPSA) is 33.0 Å². The second kappa shape index (κ2) is 3.99. The summed E-state index contributed by atoms with van der Waals surface area (Å²) in [5.74, 6) is 0.598. The fourth-order valence-electron chi connectivity index (χ4n) is 0.904. The first kappa shape index (κ1) is 8.89. The van der Waals surface area contributed by atoms with Gasteiger partial charge in [-0.3, -0.25) is 0 Å². The molecule has 0 atom stereocenters. The Morgan fingerprint density at radius 2 is 2.33 bits per heavy atom. The summed E-state index contributed by atoms with van der Waals surface area (Å²) in [7, 11) is 0. The molecule has 1 aromatic rings. The average Bonchev–Trinajstić information content (AvgIpc) is 2.04. The van der Waals surface area contributed by atoms with Gasteiger partial charge in [-0.25, -0.2) is 0 Å². The molecule has 1 aromatic carbocycles. The number of hydrogen-bond acceptors (Lipinski definition) is 2. The van der Waals surface area contributed by atoms with Gasteiger partial charge in [-0.2, -0.15) is 5.26 Å². The molecule has 0 N–H and O–H groups in total. The number of rotatable bonds is 2. The summed E-state index contributed by atoms with van der Waals surface area (Å²) in [6.07, 6.45) is 0. The highest BCUT2D eigenvalue weighted by atomic mass is 35.5. The van der Waals surface area contributed by atoms with Crippen LogP contribution < -0.4 is 4.74 Å². The van der Waals surface area contributed by atoms with Gasteiger partial charge in [0.25, 0.3) is 0 Å². The largest absolute Gasteiger partial charge is 0.477 e. The molecule has 0 aliphatic heterocycles. The summed E-state index contributed by atoms with van der Waals surface area (Å²) in [4.78, 5) is 0. The monoisotopic (exact) mass is 181 g/mol.